The van der Waals surface area contributed by atoms with E-state index in [4.69, 9.17) is 0 Å². The van der Waals surface area contributed by atoms with E-state index in [1.165, 1.54) is 0 Å². The van der Waals surface area contributed by atoms with Gasteiger partial charge in [-0.25, -0.2) is 4.79 Å². The van der Waals surface area contributed by atoms with Crippen LogP contribution in [-0.4, -0.2) is 17.8 Å². The van der Waals surface area contributed by atoms with Crippen LogP contribution in [0.4, 0.5) is 4.79 Å². The average molecular weight is 238 g/mol. The highest BCUT2D eigenvalue weighted by Crippen LogP contribution is 2.34. The molecule has 5 nitrogen and oxygen atoms in total. The molecule has 0 saturated carbocycles. The van der Waals surface area contributed by atoms with Gasteiger partial charge in [0.25, 0.3) is 0 Å². The van der Waals surface area contributed by atoms with Crippen molar-refractivity contribution < 1.29 is 14.4 Å². The van der Waals surface area contributed by atoms with E-state index in [9.17, 15) is 14.4 Å². The highest BCUT2D eigenvalue weighted by Gasteiger charge is 2.50. The summed E-state index contributed by atoms with van der Waals surface area (Å²) >= 11 is 0. The fraction of sp³-hybridized carbons (Fsp3) is 0.583. The fourth-order valence-electron chi connectivity index (χ4n) is 2.15. The molecule has 1 heterocycles. The first-order valence-corrected chi connectivity index (χ1v) is 5.70. The van der Waals surface area contributed by atoms with E-state index in [-0.39, 0.29) is 5.92 Å². The van der Waals surface area contributed by atoms with Gasteiger partial charge in [0.15, 0.2) is 0 Å². The number of urea groups is 1. The molecular formula is C12H18N2O3. The smallest absolute Gasteiger partial charge is 0.277 e. The number of rotatable bonds is 3. The molecule has 0 radical (unpaired) electrons. The lowest BCUT2D eigenvalue weighted by Crippen LogP contribution is -2.62. The number of nitrogens with one attached hydrogen (secondary N) is 2. The van der Waals surface area contributed by atoms with Crippen molar-refractivity contribution in [2.75, 3.05) is 0 Å². The minimum Gasteiger partial charge on any atom is -0.277 e. The summed E-state index contributed by atoms with van der Waals surface area (Å²) < 4.78 is 0. The van der Waals surface area contributed by atoms with Crippen LogP contribution < -0.4 is 10.6 Å². The Labute approximate surface area is 101 Å². The first-order valence-electron chi connectivity index (χ1n) is 5.70. The van der Waals surface area contributed by atoms with Gasteiger partial charge in [0, 0.05) is 0 Å². The third-order valence-electron chi connectivity index (χ3n) is 3.02. The molecule has 0 aromatic carbocycles. The molecule has 1 fully saturated rings. The lowest BCUT2D eigenvalue weighted by Gasteiger charge is -2.34. The molecule has 0 aromatic heterocycles. The summed E-state index contributed by atoms with van der Waals surface area (Å²) in [7, 11) is 0. The topological polar surface area (TPSA) is 75.3 Å². The van der Waals surface area contributed by atoms with Crippen molar-refractivity contribution in [2.24, 2.45) is 11.3 Å². The number of barbiturate groups is 1. The predicted octanol–water partition coefficient (Wildman–Crippen LogP) is 1.35. The second kappa shape index (κ2) is 4.69. The van der Waals surface area contributed by atoms with Gasteiger partial charge in [-0.2, -0.15) is 0 Å². The lowest BCUT2D eigenvalue weighted by atomic mass is 9.74. The standard InChI is InChI=1S/C12H18N2O3/c1-5-12(8(4)6-7(2)3)9(15)13-11(17)14-10(12)16/h6-7H,5H2,1-4H3,(H2,13,14,15,16,17)/b8-6-. The van der Waals surface area contributed by atoms with Crippen molar-refractivity contribution in [3.05, 3.63) is 11.6 Å². The molecule has 0 aliphatic carbocycles. The Morgan fingerprint density at radius 3 is 2.06 bits per heavy atom. The molecule has 17 heavy (non-hydrogen) atoms. The molecule has 0 spiro atoms. The zero-order valence-corrected chi connectivity index (χ0v) is 10.6. The van der Waals surface area contributed by atoms with Crippen LogP contribution in [0.3, 0.4) is 0 Å². The summed E-state index contributed by atoms with van der Waals surface area (Å²) in [5.41, 5.74) is -0.574. The molecule has 94 valence electrons. The summed E-state index contributed by atoms with van der Waals surface area (Å²) in [6, 6.07) is -0.749. The largest absolute Gasteiger partial charge is 0.328 e. The lowest BCUT2D eigenvalue weighted by molar-refractivity contribution is -0.141. The Balaban J connectivity index is 3.22. The third-order valence-corrected chi connectivity index (χ3v) is 3.02. The Morgan fingerprint density at radius 1 is 1.24 bits per heavy atom. The van der Waals surface area contributed by atoms with Crippen LogP contribution in [0.25, 0.3) is 0 Å². The van der Waals surface area contributed by atoms with Crippen LogP contribution in [0.2, 0.25) is 0 Å². The van der Waals surface area contributed by atoms with E-state index in [0.29, 0.717) is 12.0 Å². The van der Waals surface area contributed by atoms with Crippen LogP contribution in [0.1, 0.15) is 34.1 Å². The molecule has 2 N–H and O–H groups in total. The van der Waals surface area contributed by atoms with Gasteiger partial charge in [0.05, 0.1) is 0 Å². The Kier molecular flexibility index (Phi) is 3.70. The highest BCUT2D eigenvalue weighted by molar-refractivity contribution is 6.21. The van der Waals surface area contributed by atoms with E-state index in [1.54, 1.807) is 13.8 Å². The van der Waals surface area contributed by atoms with Crippen molar-refractivity contribution in [3.63, 3.8) is 0 Å². The quantitative estimate of drug-likeness (QED) is 0.575. The fourth-order valence-corrected chi connectivity index (χ4v) is 2.15. The molecule has 1 saturated heterocycles. The maximum Gasteiger partial charge on any atom is 0.328 e. The van der Waals surface area contributed by atoms with E-state index in [2.05, 4.69) is 10.6 Å². The van der Waals surface area contributed by atoms with E-state index in [0.717, 1.165) is 0 Å². The van der Waals surface area contributed by atoms with Crippen LogP contribution in [-0.2, 0) is 9.59 Å². The molecule has 0 atom stereocenters. The van der Waals surface area contributed by atoms with Crippen molar-refractivity contribution in [3.8, 4) is 0 Å². The van der Waals surface area contributed by atoms with Crippen LogP contribution in [0, 0.1) is 11.3 Å². The summed E-state index contributed by atoms with van der Waals surface area (Å²) in [4.78, 5) is 35.0. The Hall–Kier alpha value is -1.65. The molecule has 0 unspecified atom stereocenters. The minimum atomic E-state index is -1.25. The normalized spacial score (nSPS) is 20.3. The maximum atomic E-state index is 12.0. The third kappa shape index (κ3) is 2.23. The van der Waals surface area contributed by atoms with E-state index >= 15 is 0 Å². The zero-order chi connectivity index (χ0) is 13.2. The van der Waals surface area contributed by atoms with Gasteiger partial charge in [0.2, 0.25) is 11.8 Å². The number of allylic oxidation sites excluding steroid dienone is 1. The molecule has 0 bridgehead atoms. The Morgan fingerprint density at radius 2 is 1.71 bits per heavy atom. The summed E-state index contributed by atoms with van der Waals surface area (Å²) in [6.45, 7) is 7.44. The predicted molar refractivity (Wildman–Crippen MR) is 63.0 cm³/mol. The van der Waals surface area contributed by atoms with Gasteiger partial charge in [-0.1, -0.05) is 32.4 Å². The van der Waals surface area contributed by atoms with Crippen molar-refractivity contribution in [1.29, 1.82) is 0 Å². The van der Waals surface area contributed by atoms with Gasteiger partial charge in [-0.15, -0.1) is 0 Å². The highest BCUT2D eigenvalue weighted by atomic mass is 16.2. The van der Waals surface area contributed by atoms with Crippen LogP contribution >= 0.6 is 0 Å². The summed E-state index contributed by atoms with van der Waals surface area (Å²) in [5, 5.41) is 4.31. The second-order valence-electron chi connectivity index (χ2n) is 4.59. The molecule has 1 aliphatic heterocycles. The molecule has 1 rings (SSSR count). The SMILES string of the molecule is CCC1(/C(C)=C\C(C)C)C(=O)NC(=O)NC1=O. The van der Waals surface area contributed by atoms with Crippen LogP contribution in [0.5, 0.6) is 0 Å². The number of carbonyl (C=O) groups is 3. The first-order chi connectivity index (χ1) is 7.84. The van der Waals surface area contributed by atoms with Crippen LogP contribution in [0.15, 0.2) is 11.6 Å². The summed E-state index contributed by atoms with van der Waals surface area (Å²) in [5.74, 6) is -0.844. The monoisotopic (exact) mass is 238 g/mol. The van der Waals surface area contributed by atoms with Crippen molar-refractivity contribution in [1.82, 2.24) is 10.6 Å². The number of hydrogen-bond acceptors (Lipinski definition) is 3. The molecule has 5 heteroatoms. The maximum absolute atomic E-state index is 12.0. The number of hydrogen-bond donors (Lipinski definition) is 2. The summed E-state index contributed by atoms with van der Waals surface area (Å²) in [6.07, 6.45) is 2.20. The number of imide groups is 2. The zero-order valence-electron chi connectivity index (χ0n) is 10.6. The first kappa shape index (κ1) is 13.4. The number of amides is 4. The molecule has 1 aliphatic rings. The van der Waals surface area contributed by atoms with E-state index < -0.39 is 23.3 Å². The van der Waals surface area contributed by atoms with Crippen molar-refractivity contribution in [2.45, 2.75) is 34.1 Å². The van der Waals surface area contributed by atoms with Gasteiger partial charge < -0.3 is 0 Å². The van der Waals surface area contributed by atoms with Gasteiger partial charge in [-0.3, -0.25) is 20.2 Å². The average Bonchev–Trinajstić information content (AvgIpc) is 2.16. The second-order valence-corrected chi connectivity index (χ2v) is 4.59. The molecule has 0 aromatic rings. The van der Waals surface area contributed by atoms with E-state index in [1.807, 2.05) is 19.9 Å². The van der Waals surface area contributed by atoms with Gasteiger partial charge >= 0.3 is 6.03 Å². The van der Waals surface area contributed by atoms with Gasteiger partial charge in [0.1, 0.15) is 5.41 Å². The molecule has 4 amide bonds. The molecular weight excluding hydrogens is 220 g/mol. The number of carbonyl (C=O) groups excluding carboxylic acids is 3. The van der Waals surface area contributed by atoms with Crippen molar-refractivity contribution >= 4 is 17.8 Å². The minimum absolute atomic E-state index is 0.233. The van der Waals surface area contributed by atoms with Gasteiger partial charge in [-0.05, 0) is 19.3 Å². The Bertz CT molecular complexity index is 377.